The van der Waals surface area contributed by atoms with Crippen LogP contribution in [0.15, 0.2) is 18.7 Å². The summed E-state index contributed by atoms with van der Waals surface area (Å²) >= 11 is 6.49. The van der Waals surface area contributed by atoms with Gasteiger partial charge in [-0.3, -0.25) is 0 Å². The Hall–Kier alpha value is -2.19. The topological polar surface area (TPSA) is 82.2 Å². The second kappa shape index (κ2) is 6.74. The van der Waals surface area contributed by atoms with Crippen LogP contribution >= 0.6 is 11.6 Å². The monoisotopic (exact) mass is 349 g/mol. The number of rotatable bonds is 6. The van der Waals surface area contributed by atoms with E-state index in [0.717, 1.165) is 5.56 Å². The van der Waals surface area contributed by atoms with Crippen molar-refractivity contribution < 1.29 is 4.74 Å². The highest BCUT2D eigenvalue weighted by molar-refractivity contribution is 6.35. The molecule has 1 N–H and O–H groups in total. The van der Waals surface area contributed by atoms with Crippen LogP contribution in [0.1, 0.15) is 33.9 Å². The maximum atomic E-state index is 6.49. The van der Waals surface area contributed by atoms with Crippen molar-refractivity contribution in [3.8, 4) is 11.3 Å². The molecule has 9 heteroatoms. The maximum Gasteiger partial charge on any atom is 0.243 e. The van der Waals surface area contributed by atoms with Crippen LogP contribution in [0.4, 0.5) is 5.95 Å². The minimum absolute atomic E-state index is 0.152. The number of aromatic nitrogens is 6. The number of nitrogens with zero attached hydrogens (tertiary/aromatic N) is 6. The quantitative estimate of drug-likeness (QED) is 0.736. The molecule has 1 unspecified atom stereocenters. The van der Waals surface area contributed by atoms with E-state index in [1.807, 2.05) is 33.9 Å². The van der Waals surface area contributed by atoms with Crippen LogP contribution in [-0.4, -0.2) is 42.0 Å². The molecule has 3 rings (SSSR count). The number of hydrogen-bond donors (Lipinski definition) is 1. The Morgan fingerprint density at radius 3 is 2.83 bits per heavy atom. The molecule has 3 heterocycles. The van der Waals surface area contributed by atoms with Gasteiger partial charge in [-0.25, -0.2) is 9.67 Å². The predicted molar refractivity (Wildman–Crippen MR) is 92.1 cm³/mol. The van der Waals surface area contributed by atoms with E-state index >= 15 is 0 Å². The minimum atomic E-state index is -0.152. The van der Waals surface area contributed by atoms with E-state index in [-0.39, 0.29) is 12.3 Å². The van der Waals surface area contributed by atoms with E-state index in [4.69, 9.17) is 16.3 Å². The van der Waals surface area contributed by atoms with Crippen LogP contribution in [0, 0.1) is 0 Å². The van der Waals surface area contributed by atoms with Crippen molar-refractivity contribution >= 4 is 23.2 Å². The molecule has 0 fully saturated rings. The van der Waals surface area contributed by atoms with Crippen LogP contribution in [0.5, 0.6) is 0 Å². The lowest BCUT2D eigenvalue weighted by Gasteiger charge is -2.11. The molecule has 0 aliphatic rings. The van der Waals surface area contributed by atoms with Gasteiger partial charge in [0.15, 0.2) is 5.65 Å². The first kappa shape index (κ1) is 16.7. The Kier molecular flexibility index (Phi) is 4.68. The van der Waals surface area contributed by atoms with Gasteiger partial charge in [-0.2, -0.15) is 14.6 Å². The molecule has 0 aromatic carbocycles. The van der Waals surface area contributed by atoms with E-state index in [0.29, 0.717) is 28.9 Å². The van der Waals surface area contributed by atoms with Gasteiger partial charge < -0.3 is 10.1 Å². The van der Waals surface area contributed by atoms with Crippen molar-refractivity contribution in [3.05, 3.63) is 23.7 Å². The second-order valence-corrected chi connectivity index (χ2v) is 6.05. The average molecular weight is 350 g/mol. The molecular formula is C15H20ClN7O. The Bertz CT molecular complexity index is 842. The lowest BCUT2D eigenvalue weighted by atomic mass is 10.2. The zero-order chi connectivity index (χ0) is 17.3. The second-order valence-electron chi connectivity index (χ2n) is 5.67. The summed E-state index contributed by atoms with van der Waals surface area (Å²) in [5, 5.41) is 12.2. The molecule has 3 aromatic rings. The summed E-state index contributed by atoms with van der Waals surface area (Å²) < 4.78 is 8.82. The number of fused-ring (bicyclic) bond motifs is 1. The Labute approximate surface area is 144 Å². The van der Waals surface area contributed by atoms with Crippen molar-refractivity contribution in [2.45, 2.75) is 40.0 Å². The molecule has 0 amide bonds. The third kappa shape index (κ3) is 3.20. The summed E-state index contributed by atoms with van der Waals surface area (Å²) in [6, 6.07) is 0.229. The smallest absolute Gasteiger partial charge is 0.243 e. The summed E-state index contributed by atoms with van der Waals surface area (Å²) in [4.78, 5) is 8.82. The van der Waals surface area contributed by atoms with Gasteiger partial charge in [0.25, 0.3) is 0 Å². The molecule has 0 saturated carbocycles. The third-order valence-corrected chi connectivity index (χ3v) is 3.75. The highest BCUT2D eigenvalue weighted by Gasteiger charge is 2.16. The van der Waals surface area contributed by atoms with Crippen molar-refractivity contribution in [2.24, 2.45) is 0 Å². The first-order valence-electron chi connectivity index (χ1n) is 7.83. The van der Waals surface area contributed by atoms with Crippen molar-refractivity contribution in [3.63, 3.8) is 0 Å². The summed E-state index contributed by atoms with van der Waals surface area (Å²) in [5.74, 6) is 0.520. The molecule has 0 radical (unpaired) electrons. The molecule has 0 aliphatic carbocycles. The van der Waals surface area contributed by atoms with Gasteiger partial charge in [-0.1, -0.05) is 11.6 Å². The fraction of sp³-hybridized carbons (Fsp3) is 0.467. The molecule has 128 valence electrons. The van der Waals surface area contributed by atoms with Crippen LogP contribution in [0.25, 0.3) is 16.9 Å². The average Bonchev–Trinajstić information content (AvgIpc) is 3.14. The summed E-state index contributed by atoms with van der Waals surface area (Å²) in [6.45, 7) is 8.53. The predicted octanol–water partition coefficient (Wildman–Crippen LogP) is 3.02. The number of halogens is 1. The number of anilines is 1. The van der Waals surface area contributed by atoms with Crippen LogP contribution in [0.2, 0.25) is 5.02 Å². The van der Waals surface area contributed by atoms with Gasteiger partial charge in [0, 0.05) is 24.4 Å². The maximum absolute atomic E-state index is 6.49. The van der Waals surface area contributed by atoms with Crippen LogP contribution < -0.4 is 5.32 Å². The van der Waals surface area contributed by atoms with Crippen molar-refractivity contribution in [2.75, 3.05) is 11.9 Å². The largest absolute Gasteiger partial charge is 0.357 e. The first-order chi connectivity index (χ1) is 11.5. The van der Waals surface area contributed by atoms with Gasteiger partial charge in [0.05, 0.1) is 11.9 Å². The van der Waals surface area contributed by atoms with Crippen LogP contribution in [0.3, 0.4) is 0 Å². The van der Waals surface area contributed by atoms with Crippen LogP contribution in [-0.2, 0) is 4.74 Å². The molecule has 0 bridgehead atoms. The van der Waals surface area contributed by atoms with Crippen molar-refractivity contribution in [1.29, 1.82) is 0 Å². The van der Waals surface area contributed by atoms with Crippen molar-refractivity contribution in [1.82, 2.24) is 29.4 Å². The molecule has 3 aromatic heterocycles. The van der Waals surface area contributed by atoms with E-state index in [1.165, 1.54) is 0 Å². The van der Waals surface area contributed by atoms with Gasteiger partial charge in [0.2, 0.25) is 5.95 Å². The first-order valence-corrected chi connectivity index (χ1v) is 8.21. The summed E-state index contributed by atoms with van der Waals surface area (Å²) in [6.07, 6.45) is 5.01. The van der Waals surface area contributed by atoms with Gasteiger partial charge >= 0.3 is 0 Å². The standard InChI is InChI=1S/C15H20ClN7O/c1-5-24-10(4)22-7-11(6-18-22)13-12(16)14-20-15(19-9(2)3)21-23(14)8-17-13/h6-10H,5H2,1-4H3,(H,19,21). The Balaban J connectivity index is 1.96. The Morgan fingerprint density at radius 1 is 1.33 bits per heavy atom. The number of hydrogen-bond acceptors (Lipinski definition) is 6. The molecule has 1 atom stereocenters. The number of ether oxygens (including phenoxy) is 1. The van der Waals surface area contributed by atoms with Gasteiger partial charge in [0.1, 0.15) is 17.6 Å². The minimum Gasteiger partial charge on any atom is -0.357 e. The lowest BCUT2D eigenvalue weighted by Crippen LogP contribution is -2.10. The summed E-state index contributed by atoms with van der Waals surface area (Å²) in [5.41, 5.74) is 1.97. The molecule has 0 saturated heterocycles. The highest BCUT2D eigenvalue weighted by Crippen LogP contribution is 2.29. The zero-order valence-corrected chi connectivity index (χ0v) is 14.8. The molecule has 24 heavy (non-hydrogen) atoms. The zero-order valence-electron chi connectivity index (χ0n) is 14.1. The molecule has 8 nitrogen and oxygen atoms in total. The normalized spacial score (nSPS) is 12.9. The van der Waals surface area contributed by atoms with Gasteiger partial charge in [-0.15, -0.1) is 5.10 Å². The highest BCUT2D eigenvalue weighted by atomic mass is 35.5. The SMILES string of the molecule is CCOC(C)n1cc(-c2ncn3nc(NC(C)C)nc3c2Cl)cn1. The third-order valence-electron chi connectivity index (χ3n) is 3.40. The molecular weight excluding hydrogens is 330 g/mol. The van der Waals surface area contributed by atoms with Gasteiger partial charge in [-0.05, 0) is 27.7 Å². The number of nitrogens with one attached hydrogen (secondary N) is 1. The van der Waals surface area contributed by atoms with E-state index in [2.05, 4.69) is 25.5 Å². The fourth-order valence-corrected chi connectivity index (χ4v) is 2.61. The van der Waals surface area contributed by atoms with E-state index in [9.17, 15) is 0 Å². The lowest BCUT2D eigenvalue weighted by molar-refractivity contribution is 0.0160. The molecule has 0 aliphatic heterocycles. The molecule has 0 spiro atoms. The Morgan fingerprint density at radius 2 is 2.12 bits per heavy atom. The van der Waals surface area contributed by atoms with E-state index < -0.39 is 0 Å². The summed E-state index contributed by atoms with van der Waals surface area (Å²) in [7, 11) is 0. The fourth-order valence-electron chi connectivity index (χ4n) is 2.33. The van der Waals surface area contributed by atoms with E-state index in [1.54, 1.807) is 21.7 Å².